The number of rotatable bonds is 1. The van der Waals surface area contributed by atoms with Crippen LogP contribution < -0.4 is 0 Å². The van der Waals surface area contributed by atoms with Crippen LogP contribution in [0.25, 0.3) is 77.1 Å². The summed E-state index contributed by atoms with van der Waals surface area (Å²) in [5, 5.41) is 6.08. The van der Waals surface area contributed by atoms with Crippen LogP contribution in [0.15, 0.2) is 116 Å². The number of nitrogens with zero attached hydrogens (tertiary/aromatic N) is 5. The van der Waals surface area contributed by atoms with E-state index < -0.39 is 0 Å². The molecule has 5 heteroatoms. The summed E-state index contributed by atoms with van der Waals surface area (Å²) in [6.07, 6.45) is 6.53. The van der Waals surface area contributed by atoms with Gasteiger partial charge in [0.25, 0.3) is 0 Å². The van der Waals surface area contributed by atoms with Gasteiger partial charge in [-0.05, 0) is 94.7 Å². The first-order valence-electron chi connectivity index (χ1n) is 13.9. The van der Waals surface area contributed by atoms with Gasteiger partial charge < -0.3 is 4.57 Å². The van der Waals surface area contributed by atoms with Gasteiger partial charge in [-0.2, -0.15) is 0 Å². The second-order valence-corrected chi connectivity index (χ2v) is 11.0. The molecule has 0 amide bonds. The Bertz CT molecular complexity index is 2550. The van der Waals surface area contributed by atoms with Crippen molar-refractivity contribution in [2.24, 2.45) is 0 Å². The van der Waals surface area contributed by atoms with E-state index in [4.69, 9.17) is 4.98 Å². The van der Waals surface area contributed by atoms with Crippen molar-refractivity contribution in [3.8, 4) is 16.8 Å². The van der Waals surface area contributed by atoms with Gasteiger partial charge in [0.05, 0.1) is 28.3 Å². The number of fused-ring (bicyclic) bond motifs is 14. The van der Waals surface area contributed by atoms with Crippen molar-refractivity contribution in [1.82, 2.24) is 23.9 Å². The lowest BCUT2D eigenvalue weighted by molar-refractivity contribution is 1.17. The van der Waals surface area contributed by atoms with E-state index in [1.165, 1.54) is 60.5 Å². The summed E-state index contributed by atoms with van der Waals surface area (Å²) in [5.41, 5.74) is 12.7. The normalized spacial score (nSPS) is 12.8. The third-order valence-electron chi connectivity index (χ3n) is 8.83. The molecule has 0 bridgehead atoms. The van der Waals surface area contributed by atoms with Crippen LogP contribution in [-0.2, 0) is 6.42 Å². The van der Waals surface area contributed by atoms with E-state index in [1.807, 2.05) is 24.7 Å². The van der Waals surface area contributed by atoms with Crippen LogP contribution in [0.1, 0.15) is 11.1 Å². The molecule has 5 heterocycles. The summed E-state index contributed by atoms with van der Waals surface area (Å²) in [5.74, 6) is 0. The van der Waals surface area contributed by atoms with E-state index in [0.29, 0.717) is 0 Å². The van der Waals surface area contributed by atoms with Crippen LogP contribution >= 0.6 is 0 Å². The fourth-order valence-electron chi connectivity index (χ4n) is 7.10. The number of imidazole rings is 1. The van der Waals surface area contributed by atoms with Gasteiger partial charge in [0.15, 0.2) is 5.65 Å². The molecular formula is C36H21N5. The minimum Gasteiger partial charge on any atom is -0.309 e. The lowest BCUT2D eigenvalue weighted by Crippen LogP contribution is -1.93. The van der Waals surface area contributed by atoms with E-state index in [-0.39, 0.29) is 0 Å². The highest BCUT2D eigenvalue weighted by Gasteiger charge is 2.24. The van der Waals surface area contributed by atoms with Crippen molar-refractivity contribution in [2.75, 3.05) is 0 Å². The molecule has 41 heavy (non-hydrogen) atoms. The Morgan fingerprint density at radius 1 is 0.561 bits per heavy atom. The average Bonchev–Trinajstić information content (AvgIpc) is 3.69. The minimum atomic E-state index is 0.755. The Kier molecular flexibility index (Phi) is 3.92. The smallest absolute Gasteiger partial charge is 0.178 e. The van der Waals surface area contributed by atoms with Crippen LogP contribution in [0.3, 0.4) is 0 Å². The van der Waals surface area contributed by atoms with Crippen molar-refractivity contribution in [3.63, 3.8) is 0 Å². The molecule has 10 rings (SSSR count). The molecule has 1 aliphatic carbocycles. The fraction of sp³-hybridized carbons (Fsp3) is 0.0278. The van der Waals surface area contributed by atoms with Gasteiger partial charge in [0.1, 0.15) is 5.65 Å². The standard InChI is InChI=1S/C36H21N5/c1-2-7-23(8-3-1)40-31-10-5-4-9-24(31)29-19-27-22(17-33(29)40)15-21-16-30-28(18-26(21)27)25-12-14-37-20-34(25)41-32-11-6-13-38-35(32)39-36(30)41/h1-14,16-20H,15H2. The van der Waals surface area contributed by atoms with Gasteiger partial charge in [-0.15, -0.1) is 0 Å². The maximum absolute atomic E-state index is 5.00. The molecule has 0 aliphatic heterocycles. The number of hydrogen-bond acceptors (Lipinski definition) is 3. The third-order valence-corrected chi connectivity index (χ3v) is 8.83. The molecule has 5 aromatic heterocycles. The predicted octanol–water partition coefficient (Wildman–Crippen LogP) is 8.25. The first-order valence-corrected chi connectivity index (χ1v) is 13.9. The number of hydrogen-bond donors (Lipinski definition) is 0. The van der Waals surface area contributed by atoms with Crippen molar-refractivity contribution in [1.29, 1.82) is 0 Å². The zero-order valence-corrected chi connectivity index (χ0v) is 21.9. The average molecular weight is 524 g/mol. The van der Waals surface area contributed by atoms with Gasteiger partial charge in [-0.3, -0.25) is 9.38 Å². The first kappa shape index (κ1) is 21.3. The molecule has 0 fully saturated rings. The van der Waals surface area contributed by atoms with Crippen molar-refractivity contribution in [3.05, 3.63) is 127 Å². The minimum absolute atomic E-state index is 0.755. The molecule has 0 saturated carbocycles. The molecule has 0 saturated heterocycles. The molecule has 1 aliphatic rings. The van der Waals surface area contributed by atoms with Crippen LogP contribution in [0.5, 0.6) is 0 Å². The number of pyridine rings is 3. The van der Waals surface area contributed by atoms with Crippen LogP contribution in [0.4, 0.5) is 0 Å². The fourth-order valence-corrected chi connectivity index (χ4v) is 7.10. The Morgan fingerprint density at radius 2 is 1.34 bits per heavy atom. The second-order valence-electron chi connectivity index (χ2n) is 11.0. The predicted molar refractivity (Wildman–Crippen MR) is 166 cm³/mol. The van der Waals surface area contributed by atoms with Gasteiger partial charge in [0.2, 0.25) is 0 Å². The third kappa shape index (κ3) is 2.72. The molecule has 190 valence electrons. The summed E-state index contributed by atoms with van der Waals surface area (Å²) in [7, 11) is 0. The summed E-state index contributed by atoms with van der Waals surface area (Å²) in [6, 6.07) is 35.2. The van der Waals surface area contributed by atoms with E-state index in [1.54, 1.807) is 0 Å². The summed E-state index contributed by atoms with van der Waals surface area (Å²) in [4.78, 5) is 14.1. The first-order chi connectivity index (χ1) is 20.3. The second kappa shape index (κ2) is 7.55. The van der Waals surface area contributed by atoms with E-state index in [2.05, 4.69) is 110 Å². The number of benzene rings is 4. The zero-order chi connectivity index (χ0) is 26.7. The molecule has 0 spiro atoms. The summed E-state index contributed by atoms with van der Waals surface area (Å²) in [6.45, 7) is 0. The van der Waals surface area contributed by atoms with Gasteiger partial charge in [-0.25, -0.2) is 9.97 Å². The molecule has 0 radical (unpaired) electrons. The van der Waals surface area contributed by atoms with Crippen molar-refractivity contribution >= 4 is 60.3 Å². The van der Waals surface area contributed by atoms with Crippen molar-refractivity contribution < 1.29 is 0 Å². The lowest BCUT2D eigenvalue weighted by Gasteiger charge is -2.11. The topological polar surface area (TPSA) is 48.0 Å². The van der Waals surface area contributed by atoms with E-state index >= 15 is 0 Å². The molecule has 4 aromatic carbocycles. The highest BCUT2D eigenvalue weighted by molar-refractivity contribution is 6.16. The van der Waals surface area contributed by atoms with E-state index in [9.17, 15) is 0 Å². The Balaban J connectivity index is 1.30. The van der Waals surface area contributed by atoms with Crippen molar-refractivity contribution in [2.45, 2.75) is 6.42 Å². The van der Waals surface area contributed by atoms with Crippen LogP contribution in [0.2, 0.25) is 0 Å². The quantitative estimate of drug-likeness (QED) is 0.204. The molecule has 5 nitrogen and oxygen atoms in total. The zero-order valence-electron chi connectivity index (χ0n) is 21.9. The highest BCUT2D eigenvalue weighted by Crippen LogP contribution is 2.45. The Morgan fingerprint density at radius 3 is 2.27 bits per heavy atom. The van der Waals surface area contributed by atoms with Gasteiger partial charge in [0, 0.05) is 39.6 Å². The lowest BCUT2D eigenvalue weighted by atomic mass is 9.98. The van der Waals surface area contributed by atoms with Crippen LogP contribution in [-0.4, -0.2) is 23.9 Å². The van der Waals surface area contributed by atoms with E-state index in [0.717, 1.165) is 34.1 Å². The maximum Gasteiger partial charge on any atom is 0.178 e. The number of aromatic nitrogens is 5. The van der Waals surface area contributed by atoms with Crippen LogP contribution in [0, 0.1) is 0 Å². The Labute approximate surface area is 234 Å². The highest BCUT2D eigenvalue weighted by atomic mass is 15.1. The summed E-state index contributed by atoms with van der Waals surface area (Å²) < 4.78 is 4.61. The molecule has 9 aromatic rings. The molecule has 0 atom stereocenters. The SMILES string of the molecule is c1ccc(-n2c3ccccc3c3cc4c(cc32)Cc2cc3c(cc2-4)c2ccncc2n2c4cccnc4nc32)cc1. The number of para-hydroxylation sites is 2. The molecular weight excluding hydrogens is 502 g/mol. The van der Waals surface area contributed by atoms with Gasteiger partial charge >= 0.3 is 0 Å². The molecule has 0 N–H and O–H groups in total. The monoisotopic (exact) mass is 523 g/mol. The largest absolute Gasteiger partial charge is 0.309 e. The maximum atomic E-state index is 5.00. The summed E-state index contributed by atoms with van der Waals surface area (Å²) >= 11 is 0. The Hall–Kier alpha value is -5.55. The van der Waals surface area contributed by atoms with Gasteiger partial charge in [-0.1, -0.05) is 36.4 Å². The molecule has 0 unspecified atom stereocenters.